The molecule has 3 aromatic rings. The second-order valence-electron chi connectivity index (χ2n) is 8.34. The van der Waals surface area contributed by atoms with Crippen LogP contribution in [-0.4, -0.2) is 17.9 Å². The number of carbonyl (C=O) groups is 2. The zero-order valence-electron chi connectivity index (χ0n) is 19.0. The van der Waals surface area contributed by atoms with Gasteiger partial charge in [-0.2, -0.15) is 0 Å². The third-order valence-corrected chi connectivity index (χ3v) is 5.18. The fourth-order valence-electron chi connectivity index (χ4n) is 3.94. The largest absolute Gasteiger partial charge is 0.489 e. The molecule has 0 saturated carbocycles. The standard InChI is InChI=1S/C27H25FN2O3/c1-16(2)33-23-8-6-5-7-22(23)30-26(31)24(19-9-11-20(28)12-10-19)25(27(30)32)29-21-14-17(3)13-18(4)15-21/h5-16,29H,1-4H3. The van der Waals surface area contributed by atoms with Gasteiger partial charge < -0.3 is 10.1 Å². The lowest BCUT2D eigenvalue weighted by atomic mass is 10.0. The molecule has 0 radical (unpaired) electrons. The van der Waals surface area contributed by atoms with Crippen LogP contribution < -0.4 is 15.0 Å². The summed E-state index contributed by atoms with van der Waals surface area (Å²) in [4.78, 5) is 28.4. The van der Waals surface area contributed by atoms with Gasteiger partial charge in [-0.15, -0.1) is 0 Å². The number of hydrogen-bond donors (Lipinski definition) is 1. The topological polar surface area (TPSA) is 58.6 Å². The Balaban J connectivity index is 1.84. The van der Waals surface area contributed by atoms with Crippen LogP contribution in [0.3, 0.4) is 0 Å². The monoisotopic (exact) mass is 444 g/mol. The van der Waals surface area contributed by atoms with Crippen molar-refractivity contribution in [1.29, 1.82) is 0 Å². The van der Waals surface area contributed by atoms with Gasteiger partial charge >= 0.3 is 0 Å². The average Bonchev–Trinajstić information content (AvgIpc) is 2.98. The molecule has 1 N–H and O–H groups in total. The van der Waals surface area contributed by atoms with E-state index in [9.17, 15) is 14.0 Å². The van der Waals surface area contributed by atoms with Crippen LogP contribution in [0.4, 0.5) is 15.8 Å². The van der Waals surface area contributed by atoms with Gasteiger partial charge in [0.25, 0.3) is 11.8 Å². The zero-order valence-corrected chi connectivity index (χ0v) is 19.0. The molecular formula is C27H25FN2O3. The van der Waals surface area contributed by atoms with Gasteiger partial charge in [-0.3, -0.25) is 9.59 Å². The van der Waals surface area contributed by atoms with Crippen LogP contribution in [0.1, 0.15) is 30.5 Å². The van der Waals surface area contributed by atoms with Gasteiger partial charge in [0.15, 0.2) is 0 Å². The van der Waals surface area contributed by atoms with E-state index in [1.807, 2.05) is 45.9 Å². The van der Waals surface area contributed by atoms with E-state index in [0.29, 0.717) is 22.7 Å². The molecule has 168 valence electrons. The summed E-state index contributed by atoms with van der Waals surface area (Å²) in [6.07, 6.45) is -0.142. The molecule has 0 atom stereocenters. The first-order valence-corrected chi connectivity index (χ1v) is 10.7. The number of hydrogen-bond acceptors (Lipinski definition) is 4. The van der Waals surface area contributed by atoms with E-state index in [0.717, 1.165) is 16.0 Å². The minimum absolute atomic E-state index is 0.135. The molecule has 0 aromatic heterocycles. The molecule has 1 aliphatic rings. The number of halogens is 1. The molecule has 0 unspecified atom stereocenters. The molecule has 2 amide bonds. The van der Waals surface area contributed by atoms with E-state index in [1.54, 1.807) is 24.3 Å². The zero-order chi connectivity index (χ0) is 23.7. The molecular weight excluding hydrogens is 419 g/mol. The predicted octanol–water partition coefficient (Wildman–Crippen LogP) is 5.63. The van der Waals surface area contributed by atoms with Crippen LogP contribution in [0.25, 0.3) is 5.57 Å². The molecule has 0 fully saturated rings. The SMILES string of the molecule is Cc1cc(C)cc(NC2=C(c3ccc(F)cc3)C(=O)N(c3ccccc3OC(C)C)C2=O)c1. The lowest BCUT2D eigenvalue weighted by molar-refractivity contribution is -0.120. The molecule has 4 rings (SSSR count). The third-order valence-electron chi connectivity index (χ3n) is 5.18. The van der Waals surface area contributed by atoms with Crippen LogP contribution >= 0.6 is 0 Å². The van der Waals surface area contributed by atoms with Crippen molar-refractivity contribution in [2.45, 2.75) is 33.8 Å². The van der Waals surface area contributed by atoms with Crippen LogP contribution in [-0.2, 0) is 9.59 Å². The van der Waals surface area contributed by atoms with E-state index >= 15 is 0 Å². The maximum Gasteiger partial charge on any atom is 0.282 e. The number of benzene rings is 3. The number of aryl methyl sites for hydroxylation is 2. The summed E-state index contributed by atoms with van der Waals surface area (Å²) in [5.74, 6) is -0.996. The molecule has 0 aliphatic carbocycles. The second-order valence-corrected chi connectivity index (χ2v) is 8.34. The third kappa shape index (κ3) is 4.51. The summed E-state index contributed by atoms with van der Waals surface area (Å²) >= 11 is 0. The fourth-order valence-corrected chi connectivity index (χ4v) is 3.94. The molecule has 0 bridgehead atoms. The van der Waals surface area contributed by atoms with Crippen molar-refractivity contribution in [3.63, 3.8) is 0 Å². The van der Waals surface area contributed by atoms with Gasteiger partial charge in [0, 0.05) is 5.69 Å². The number of nitrogens with one attached hydrogen (secondary N) is 1. The quantitative estimate of drug-likeness (QED) is 0.501. The predicted molar refractivity (Wildman–Crippen MR) is 128 cm³/mol. The number of rotatable bonds is 6. The Bertz CT molecular complexity index is 1240. The summed E-state index contributed by atoms with van der Waals surface area (Å²) < 4.78 is 19.4. The van der Waals surface area contributed by atoms with E-state index in [-0.39, 0.29) is 17.4 Å². The molecule has 6 heteroatoms. The maximum atomic E-state index is 13.6. The van der Waals surface area contributed by atoms with Crippen molar-refractivity contribution in [1.82, 2.24) is 0 Å². The van der Waals surface area contributed by atoms with Crippen molar-refractivity contribution in [2.24, 2.45) is 0 Å². The Morgan fingerprint density at radius 1 is 0.879 bits per heavy atom. The van der Waals surface area contributed by atoms with Crippen LogP contribution in [0.15, 0.2) is 72.4 Å². The van der Waals surface area contributed by atoms with E-state index in [4.69, 9.17) is 4.74 Å². The van der Waals surface area contributed by atoms with Gasteiger partial charge in [-0.05, 0) is 80.8 Å². The molecule has 1 aliphatic heterocycles. The first-order valence-electron chi connectivity index (χ1n) is 10.7. The van der Waals surface area contributed by atoms with Gasteiger partial charge in [-0.1, -0.05) is 30.3 Å². The summed E-state index contributed by atoms with van der Waals surface area (Å²) in [6, 6.07) is 18.3. The number of imide groups is 1. The molecule has 1 heterocycles. The van der Waals surface area contributed by atoms with Crippen LogP contribution in [0, 0.1) is 19.7 Å². The number of anilines is 2. The number of para-hydroxylation sites is 2. The minimum atomic E-state index is -0.502. The maximum absolute atomic E-state index is 13.6. The number of ether oxygens (including phenoxy) is 1. The molecule has 3 aromatic carbocycles. The van der Waals surface area contributed by atoms with Gasteiger partial charge in [-0.25, -0.2) is 9.29 Å². The number of amides is 2. The van der Waals surface area contributed by atoms with Gasteiger partial charge in [0.05, 0.1) is 17.4 Å². The van der Waals surface area contributed by atoms with Crippen molar-refractivity contribution >= 4 is 28.8 Å². The first-order chi connectivity index (χ1) is 15.7. The van der Waals surface area contributed by atoms with Crippen molar-refractivity contribution in [3.8, 4) is 5.75 Å². The lowest BCUT2D eigenvalue weighted by Crippen LogP contribution is -2.33. The van der Waals surface area contributed by atoms with Crippen LogP contribution in [0.2, 0.25) is 0 Å². The highest BCUT2D eigenvalue weighted by Gasteiger charge is 2.41. The molecule has 33 heavy (non-hydrogen) atoms. The fraction of sp³-hybridized carbons (Fsp3) is 0.185. The van der Waals surface area contributed by atoms with Crippen LogP contribution in [0.5, 0.6) is 5.75 Å². The number of carbonyl (C=O) groups excluding carboxylic acids is 2. The van der Waals surface area contributed by atoms with Gasteiger partial charge in [0.1, 0.15) is 17.3 Å². The minimum Gasteiger partial charge on any atom is -0.489 e. The lowest BCUT2D eigenvalue weighted by Gasteiger charge is -2.20. The second kappa shape index (κ2) is 8.90. The van der Waals surface area contributed by atoms with Crippen molar-refractivity contribution in [2.75, 3.05) is 10.2 Å². The highest BCUT2D eigenvalue weighted by atomic mass is 19.1. The van der Waals surface area contributed by atoms with Crippen molar-refractivity contribution in [3.05, 3.63) is 94.9 Å². The van der Waals surface area contributed by atoms with Gasteiger partial charge in [0.2, 0.25) is 0 Å². The normalized spacial score (nSPS) is 13.8. The highest BCUT2D eigenvalue weighted by Crippen LogP contribution is 2.38. The first kappa shape index (κ1) is 22.3. The van der Waals surface area contributed by atoms with E-state index < -0.39 is 17.6 Å². The molecule has 5 nitrogen and oxygen atoms in total. The summed E-state index contributed by atoms with van der Waals surface area (Å²) in [5, 5.41) is 3.16. The molecule has 0 saturated heterocycles. The Kier molecular flexibility index (Phi) is 6.01. The smallest absolute Gasteiger partial charge is 0.282 e. The highest BCUT2D eigenvalue weighted by molar-refractivity contribution is 6.46. The summed E-state index contributed by atoms with van der Waals surface area (Å²) in [6.45, 7) is 7.67. The summed E-state index contributed by atoms with van der Waals surface area (Å²) in [7, 11) is 0. The van der Waals surface area contributed by atoms with E-state index in [1.165, 1.54) is 24.3 Å². The Morgan fingerprint density at radius 2 is 1.52 bits per heavy atom. The van der Waals surface area contributed by atoms with Crippen molar-refractivity contribution < 1.29 is 18.7 Å². The number of nitrogens with zero attached hydrogens (tertiary/aromatic N) is 1. The Morgan fingerprint density at radius 3 is 2.15 bits per heavy atom. The van der Waals surface area contributed by atoms with E-state index in [2.05, 4.69) is 5.32 Å². The average molecular weight is 445 g/mol. The summed E-state index contributed by atoms with van der Waals surface area (Å²) in [5.41, 5.74) is 3.85. The Hall–Kier alpha value is -3.93. The Labute approximate surface area is 192 Å². The molecule has 0 spiro atoms.